The number of benzene rings is 1. The highest BCUT2D eigenvalue weighted by Crippen LogP contribution is 2.26. The molecule has 1 aliphatic heterocycles. The minimum Gasteiger partial charge on any atom is -0.453 e. The van der Waals surface area contributed by atoms with Gasteiger partial charge in [-0.3, -0.25) is 9.59 Å². The average Bonchev–Trinajstić information content (AvgIpc) is 3.12. The highest BCUT2D eigenvalue weighted by molar-refractivity contribution is 5.84. The summed E-state index contributed by atoms with van der Waals surface area (Å²) in [6.07, 6.45) is 0.267. The van der Waals surface area contributed by atoms with Crippen molar-refractivity contribution in [3.8, 4) is 11.4 Å². The smallest absolute Gasteiger partial charge is 0.409 e. The Hall–Kier alpha value is -3.36. The van der Waals surface area contributed by atoms with Crippen molar-refractivity contribution in [2.75, 3.05) is 20.7 Å². The molecule has 0 saturated heterocycles. The zero-order chi connectivity index (χ0) is 23.9. The van der Waals surface area contributed by atoms with Crippen molar-refractivity contribution < 1.29 is 19.1 Å². The Kier molecular flexibility index (Phi) is 8.40. The van der Waals surface area contributed by atoms with E-state index in [4.69, 9.17) is 4.74 Å². The van der Waals surface area contributed by atoms with Gasteiger partial charge in [-0.05, 0) is 12.3 Å². The van der Waals surface area contributed by atoms with Crippen molar-refractivity contribution in [1.29, 1.82) is 0 Å². The van der Waals surface area contributed by atoms with Gasteiger partial charge >= 0.3 is 6.09 Å². The summed E-state index contributed by atoms with van der Waals surface area (Å²) in [6.45, 7) is 9.61. The maximum atomic E-state index is 11.6. The van der Waals surface area contributed by atoms with Crippen LogP contribution in [-0.4, -0.2) is 59.6 Å². The van der Waals surface area contributed by atoms with Crippen molar-refractivity contribution in [1.82, 2.24) is 25.1 Å². The molecule has 3 rings (SSSR count). The van der Waals surface area contributed by atoms with Crippen molar-refractivity contribution in [3.63, 3.8) is 0 Å². The second kappa shape index (κ2) is 10.8. The zero-order valence-electron chi connectivity index (χ0n) is 19.6. The van der Waals surface area contributed by atoms with Crippen molar-refractivity contribution in [2.45, 2.75) is 46.8 Å². The summed E-state index contributed by atoms with van der Waals surface area (Å²) in [5, 5.41) is 4.98. The van der Waals surface area contributed by atoms with Crippen molar-refractivity contribution in [2.24, 2.45) is 5.41 Å². The molecular formula is C23H33N5O4. The molecule has 2 heterocycles. The molecule has 3 amide bonds. The van der Waals surface area contributed by atoms with E-state index in [-0.39, 0.29) is 17.4 Å². The predicted molar refractivity (Wildman–Crippen MR) is 122 cm³/mol. The molecule has 0 fully saturated rings. The Labute approximate surface area is 189 Å². The first kappa shape index (κ1) is 24.9. The molecule has 1 unspecified atom stereocenters. The molecule has 0 radical (unpaired) electrons. The number of carbonyl (C=O) groups is 3. The monoisotopic (exact) mass is 443 g/mol. The summed E-state index contributed by atoms with van der Waals surface area (Å²) in [7, 11) is 2.96. The van der Waals surface area contributed by atoms with Crippen LogP contribution >= 0.6 is 0 Å². The number of methoxy groups -OCH3 is 1. The Morgan fingerprint density at radius 2 is 1.84 bits per heavy atom. The molecule has 1 aromatic carbocycles. The minimum atomic E-state index is -0.472. The predicted octanol–water partition coefficient (Wildman–Crippen LogP) is 2.33. The summed E-state index contributed by atoms with van der Waals surface area (Å²) in [5.41, 5.74) is 2.90. The SMILES string of the molecule is CNC(=O)C(NC=O)C(C)(C)C.COC(=O)N1CCn2c(-c3ccccc3)nc(C)c2C1. The number of likely N-dealkylation sites (N-methyl/N-ethyl adjacent to an activating group) is 1. The Balaban J connectivity index is 0.000000262. The van der Waals surface area contributed by atoms with E-state index in [2.05, 4.69) is 32.3 Å². The van der Waals surface area contributed by atoms with Gasteiger partial charge in [-0.25, -0.2) is 9.78 Å². The van der Waals surface area contributed by atoms with E-state index in [9.17, 15) is 14.4 Å². The number of ether oxygens (including phenoxy) is 1. The number of imidazole rings is 1. The summed E-state index contributed by atoms with van der Waals surface area (Å²) < 4.78 is 6.99. The van der Waals surface area contributed by atoms with E-state index in [1.165, 1.54) is 7.11 Å². The number of fused-ring (bicyclic) bond motifs is 1. The fraction of sp³-hybridized carbons (Fsp3) is 0.478. The van der Waals surface area contributed by atoms with Gasteiger partial charge in [0.15, 0.2) is 0 Å². The number of nitrogens with one attached hydrogen (secondary N) is 2. The molecule has 2 N–H and O–H groups in total. The number of rotatable bonds is 4. The number of hydrogen-bond acceptors (Lipinski definition) is 5. The lowest BCUT2D eigenvalue weighted by molar-refractivity contribution is -0.127. The van der Waals surface area contributed by atoms with E-state index in [1.807, 2.05) is 45.9 Å². The van der Waals surface area contributed by atoms with Crippen molar-refractivity contribution >= 4 is 18.4 Å². The lowest BCUT2D eigenvalue weighted by Crippen LogP contribution is -2.50. The third-order valence-corrected chi connectivity index (χ3v) is 5.28. The minimum absolute atomic E-state index is 0.172. The first-order chi connectivity index (χ1) is 15.1. The topological polar surface area (TPSA) is 106 Å². The number of carbonyl (C=O) groups excluding carboxylic acids is 3. The third kappa shape index (κ3) is 5.87. The van der Waals surface area contributed by atoms with Crippen LogP contribution in [0.25, 0.3) is 11.4 Å². The van der Waals surface area contributed by atoms with Crippen LogP contribution in [0.5, 0.6) is 0 Å². The fourth-order valence-corrected chi connectivity index (χ4v) is 3.55. The fourth-order valence-electron chi connectivity index (χ4n) is 3.55. The summed E-state index contributed by atoms with van der Waals surface area (Å²) in [4.78, 5) is 39.4. The number of hydrogen-bond donors (Lipinski definition) is 2. The lowest BCUT2D eigenvalue weighted by atomic mass is 9.86. The number of amides is 3. The van der Waals surface area contributed by atoms with Gasteiger partial charge < -0.3 is 24.8 Å². The van der Waals surface area contributed by atoms with E-state index >= 15 is 0 Å². The van der Waals surface area contributed by atoms with E-state index in [0.29, 0.717) is 19.5 Å². The molecule has 1 aromatic heterocycles. The molecule has 9 nitrogen and oxygen atoms in total. The molecule has 0 bridgehead atoms. The highest BCUT2D eigenvalue weighted by atomic mass is 16.5. The molecular weight excluding hydrogens is 410 g/mol. The maximum absolute atomic E-state index is 11.6. The van der Waals surface area contributed by atoms with Crippen LogP contribution in [0.4, 0.5) is 4.79 Å². The zero-order valence-corrected chi connectivity index (χ0v) is 19.6. The number of aromatic nitrogens is 2. The quantitative estimate of drug-likeness (QED) is 0.706. The number of aryl methyl sites for hydroxylation is 1. The van der Waals surface area contributed by atoms with E-state index in [1.54, 1.807) is 11.9 Å². The molecule has 1 atom stereocenters. The van der Waals surface area contributed by atoms with Gasteiger partial charge in [-0.1, -0.05) is 51.1 Å². The normalized spacial score (nSPS) is 13.8. The van der Waals surface area contributed by atoms with E-state index < -0.39 is 6.04 Å². The van der Waals surface area contributed by atoms with Gasteiger partial charge in [-0.2, -0.15) is 0 Å². The van der Waals surface area contributed by atoms with Crippen LogP contribution in [0.1, 0.15) is 32.2 Å². The lowest BCUT2D eigenvalue weighted by Gasteiger charge is -2.28. The van der Waals surface area contributed by atoms with Gasteiger partial charge in [-0.15, -0.1) is 0 Å². The van der Waals surface area contributed by atoms with Crippen LogP contribution in [0.15, 0.2) is 30.3 Å². The van der Waals surface area contributed by atoms with Crippen LogP contribution in [0, 0.1) is 12.3 Å². The van der Waals surface area contributed by atoms with Crippen LogP contribution in [0.3, 0.4) is 0 Å². The Bertz CT molecular complexity index is 934. The first-order valence-electron chi connectivity index (χ1n) is 10.5. The highest BCUT2D eigenvalue weighted by Gasteiger charge is 2.30. The molecule has 0 aliphatic carbocycles. The average molecular weight is 444 g/mol. The molecule has 1 aliphatic rings. The summed E-state index contributed by atoms with van der Waals surface area (Å²) in [6, 6.07) is 9.66. The molecule has 32 heavy (non-hydrogen) atoms. The second-order valence-corrected chi connectivity index (χ2v) is 8.57. The Morgan fingerprint density at radius 3 is 2.38 bits per heavy atom. The van der Waals surface area contributed by atoms with Gasteiger partial charge in [0, 0.05) is 25.7 Å². The Morgan fingerprint density at radius 1 is 1.19 bits per heavy atom. The van der Waals surface area contributed by atoms with Crippen molar-refractivity contribution in [3.05, 3.63) is 41.7 Å². The largest absolute Gasteiger partial charge is 0.453 e. The molecule has 174 valence electrons. The summed E-state index contributed by atoms with van der Waals surface area (Å²) in [5.74, 6) is 0.803. The van der Waals surface area contributed by atoms with Gasteiger partial charge in [0.05, 0.1) is 25.0 Å². The molecule has 0 spiro atoms. The van der Waals surface area contributed by atoms with Gasteiger partial charge in [0.1, 0.15) is 11.9 Å². The van der Waals surface area contributed by atoms with Crippen LogP contribution in [-0.2, 0) is 27.4 Å². The maximum Gasteiger partial charge on any atom is 0.409 e. The molecule has 9 heteroatoms. The third-order valence-electron chi connectivity index (χ3n) is 5.28. The van der Waals surface area contributed by atoms with E-state index in [0.717, 1.165) is 29.3 Å². The van der Waals surface area contributed by atoms with Crippen LogP contribution < -0.4 is 10.6 Å². The first-order valence-corrected chi connectivity index (χ1v) is 10.5. The van der Waals surface area contributed by atoms with Crippen LogP contribution in [0.2, 0.25) is 0 Å². The van der Waals surface area contributed by atoms with Gasteiger partial charge in [0.2, 0.25) is 12.3 Å². The molecule has 2 aromatic rings. The second-order valence-electron chi connectivity index (χ2n) is 8.57. The van der Waals surface area contributed by atoms with Gasteiger partial charge in [0.25, 0.3) is 0 Å². The summed E-state index contributed by atoms with van der Waals surface area (Å²) >= 11 is 0. The standard InChI is InChI=1S/C15H17N3O2.C8H16N2O2/c1-11-13-10-17(15(19)20-2)8-9-18(13)14(16-11)12-6-4-3-5-7-12;1-8(2,3)6(10-5-11)7(12)9-4/h3-7H,8-10H2,1-2H3;5-6H,1-4H3,(H,9,12)(H,10,11). The molecule has 0 saturated carbocycles. The number of nitrogens with zero attached hydrogens (tertiary/aromatic N) is 3.